The molecule has 75 valence electrons. The van der Waals surface area contributed by atoms with Crippen LogP contribution in [0.15, 0.2) is 29.4 Å². The van der Waals surface area contributed by atoms with E-state index in [4.69, 9.17) is 5.11 Å². The maximum atomic E-state index is 10.8. The van der Waals surface area contributed by atoms with Crippen molar-refractivity contribution < 1.29 is 14.7 Å². The number of carbonyl (C=O) groups is 1. The van der Waals surface area contributed by atoms with Gasteiger partial charge < -0.3 is 9.94 Å². The molecule has 0 heterocycles. The van der Waals surface area contributed by atoms with Crippen LogP contribution >= 0.6 is 0 Å². The van der Waals surface area contributed by atoms with Gasteiger partial charge in [-0.15, -0.1) is 0 Å². The van der Waals surface area contributed by atoms with Crippen LogP contribution in [0.1, 0.15) is 11.1 Å². The Morgan fingerprint density at radius 3 is 2.47 bits per heavy atom. The molecule has 1 N–H and O–H groups in total. The fourth-order valence-electron chi connectivity index (χ4n) is 1.13. The third-order valence-electron chi connectivity index (χ3n) is 1.79. The number of oxime groups is 1. The molecule has 0 amide bonds. The van der Waals surface area contributed by atoms with E-state index in [-0.39, 0.29) is 35.3 Å². The Kier molecular flexibility index (Phi) is 6.24. The third-order valence-corrected chi connectivity index (χ3v) is 1.79. The van der Waals surface area contributed by atoms with Crippen LogP contribution in [0.5, 0.6) is 0 Å². The number of hydrogen-bond acceptors (Lipinski definition) is 3. The van der Waals surface area contributed by atoms with Gasteiger partial charge in [0.2, 0.25) is 0 Å². The molecular formula is C10H11NNaO3. The van der Waals surface area contributed by atoms with E-state index in [9.17, 15) is 4.79 Å². The molecule has 0 saturated carbocycles. The molecule has 4 nitrogen and oxygen atoms in total. The standard InChI is InChI=1S/C10H11NO3.Na/c1-7-5-3-4-6-8(7)9(10(12)13)11-14-2;/h3-6H,1-2H3,(H,12,13);/b11-9+;. The molecule has 0 aliphatic carbocycles. The van der Waals surface area contributed by atoms with E-state index < -0.39 is 5.97 Å². The summed E-state index contributed by atoms with van der Waals surface area (Å²) < 4.78 is 0. The maximum Gasteiger partial charge on any atom is 0.358 e. The summed E-state index contributed by atoms with van der Waals surface area (Å²) in [6, 6.07) is 7.12. The normalized spacial score (nSPS) is 10.4. The molecule has 5 heteroatoms. The first-order chi connectivity index (χ1) is 6.66. The van der Waals surface area contributed by atoms with E-state index >= 15 is 0 Å². The summed E-state index contributed by atoms with van der Waals surface area (Å²) in [5.41, 5.74) is 1.35. The number of hydrogen-bond donors (Lipinski definition) is 1. The van der Waals surface area contributed by atoms with Crippen molar-refractivity contribution in [2.75, 3.05) is 7.11 Å². The summed E-state index contributed by atoms with van der Waals surface area (Å²) in [6.07, 6.45) is 0. The minimum absolute atomic E-state index is 0. The Hall–Kier alpha value is -0.840. The van der Waals surface area contributed by atoms with Crippen LogP contribution in [-0.2, 0) is 9.63 Å². The zero-order valence-corrected chi connectivity index (χ0v) is 11.0. The van der Waals surface area contributed by atoms with Gasteiger partial charge in [0.05, 0.1) is 0 Å². The zero-order valence-electron chi connectivity index (χ0n) is 9.02. The maximum absolute atomic E-state index is 10.8. The van der Waals surface area contributed by atoms with Crippen LogP contribution < -0.4 is 0 Å². The van der Waals surface area contributed by atoms with E-state index in [1.165, 1.54) is 7.11 Å². The smallest absolute Gasteiger partial charge is 0.358 e. The second kappa shape index (κ2) is 6.61. The Labute approximate surface area is 110 Å². The summed E-state index contributed by atoms with van der Waals surface area (Å²) in [5, 5.41) is 12.3. The molecular weight excluding hydrogens is 205 g/mol. The summed E-state index contributed by atoms with van der Waals surface area (Å²) in [6.45, 7) is 1.82. The van der Waals surface area contributed by atoms with E-state index in [0.717, 1.165) is 5.56 Å². The summed E-state index contributed by atoms with van der Waals surface area (Å²) >= 11 is 0. The van der Waals surface area contributed by atoms with Gasteiger partial charge in [-0.1, -0.05) is 29.4 Å². The monoisotopic (exact) mass is 216 g/mol. The van der Waals surface area contributed by atoms with E-state index in [0.29, 0.717) is 5.56 Å². The van der Waals surface area contributed by atoms with Crippen molar-refractivity contribution in [3.05, 3.63) is 35.4 Å². The molecule has 0 unspecified atom stereocenters. The van der Waals surface area contributed by atoms with Gasteiger partial charge in [-0.3, -0.25) is 0 Å². The third kappa shape index (κ3) is 3.66. The van der Waals surface area contributed by atoms with Gasteiger partial charge in [0.15, 0.2) is 5.71 Å². The van der Waals surface area contributed by atoms with Gasteiger partial charge in [0, 0.05) is 35.1 Å². The second-order valence-corrected chi connectivity index (χ2v) is 2.74. The average molecular weight is 216 g/mol. The predicted octanol–water partition coefficient (Wildman–Crippen LogP) is 1.05. The average Bonchev–Trinajstić information content (AvgIpc) is 2.15. The molecule has 1 rings (SSSR count). The number of carboxylic acid groups (broad SMARTS) is 1. The van der Waals surface area contributed by atoms with Crippen molar-refractivity contribution in [2.45, 2.75) is 6.92 Å². The minimum atomic E-state index is -1.10. The first-order valence-electron chi connectivity index (χ1n) is 4.07. The summed E-state index contributed by atoms with van der Waals surface area (Å²) in [4.78, 5) is 15.3. The van der Waals surface area contributed by atoms with Crippen LogP contribution in [0, 0.1) is 6.92 Å². The summed E-state index contributed by atoms with van der Waals surface area (Å²) in [7, 11) is 1.32. The van der Waals surface area contributed by atoms with Crippen molar-refractivity contribution >= 4 is 41.2 Å². The number of aliphatic carboxylic acids is 1. The number of nitrogens with zero attached hydrogens (tertiary/aromatic N) is 1. The molecule has 0 aromatic heterocycles. The largest absolute Gasteiger partial charge is 0.476 e. The fourth-order valence-corrected chi connectivity index (χ4v) is 1.13. The van der Waals surface area contributed by atoms with Gasteiger partial charge in [-0.2, -0.15) is 0 Å². The van der Waals surface area contributed by atoms with Crippen molar-refractivity contribution in [2.24, 2.45) is 5.16 Å². The van der Waals surface area contributed by atoms with E-state index in [1.54, 1.807) is 12.1 Å². The quantitative estimate of drug-likeness (QED) is 0.466. The van der Waals surface area contributed by atoms with Crippen molar-refractivity contribution in [3.63, 3.8) is 0 Å². The van der Waals surface area contributed by atoms with Gasteiger partial charge in [-0.05, 0) is 12.5 Å². The molecule has 1 radical (unpaired) electrons. The Morgan fingerprint density at radius 2 is 2.00 bits per heavy atom. The zero-order chi connectivity index (χ0) is 10.6. The molecule has 0 bridgehead atoms. The number of aryl methyl sites for hydroxylation is 1. The fraction of sp³-hybridized carbons (Fsp3) is 0.200. The number of benzene rings is 1. The first-order valence-corrected chi connectivity index (χ1v) is 4.07. The SMILES string of the molecule is CO/N=C(/C(=O)O)c1ccccc1C.[Na]. The van der Waals surface area contributed by atoms with Gasteiger partial charge in [-0.25, -0.2) is 4.79 Å². The Morgan fingerprint density at radius 1 is 1.40 bits per heavy atom. The first kappa shape index (κ1) is 14.2. The topological polar surface area (TPSA) is 58.9 Å². The van der Waals surface area contributed by atoms with E-state index in [2.05, 4.69) is 9.99 Å². The van der Waals surface area contributed by atoms with Crippen molar-refractivity contribution in [3.8, 4) is 0 Å². The molecule has 0 aliphatic heterocycles. The van der Waals surface area contributed by atoms with Crippen molar-refractivity contribution in [1.29, 1.82) is 0 Å². The van der Waals surface area contributed by atoms with Crippen LogP contribution in [-0.4, -0.2) is 53.5 Å². The Balaban J connectivity index is 0.00000196. The summed E-state index contributed by atoms with van der Waals surface area (Å²) in [5.74, 6) is -1.10. The molecule has 0 aliphatic rings. The molecule has 15 heavy (non-hydrogen) atoms. The molecule has 0 atom stereocenters. The minimum Gasteiger partial charge on any atom is -0.476 e. The van der Waals surface area contributed by atoms with E-state index in [1.807, 2.05) is 19.1 Å². The molecule has 0 fully saturated rings. The Bertz CT molecular complexity index is 377. The van der Waals surface area contributed by atoms with Crippen molar-refractivity contribution in [1.82, 2.24) is 0 Å². The van der Waals surface area contributed by atoms with Crippen LogP contribution in [0.4, 0.5) is 0 Å². The number of carboxylic acids is 1. The van der Waals surface area contributed by atoms with Gasteiger partial charge >= 0.3 is 5.97 Å². The van der Waals surface area contributed by atoms with Crippen LogP contribution in [0.2, 0.25) is 0 Å². The molecule has 0 saturated heterocycles. The molecule has 1 aromatic carbocycles. The predicted molar refractivity (Wildman–Crippen MR) is 58.1 cm³/mol. The number of rotatable bonds is 3. The molecule has 0 spiro atoms. The molecule has 1 aromatic rings. The van der Waals surface area contributed by atoms with Crippen LogP contribution in [0.3, 0.4) is 0 Å². The van der Waals surface area contributed by atoms with Gasteiger partial charge in [0.25, 0.3) is 0 Å². The van der Waals surface area contributed by atoms with Gasteiger partial charge in [0.1, 0.15) is 7.11 Å². The van der Waals surface area contributed by atoms with Crippen LogP contribution in [0.25, 0.3) is 0 Å². The second-order valence-electron chi connectivity index (χ2n) is 2.74.